The third-order valence-electron chi connectivity index (χ3n) is 7.36. The summed E-state index contributed by atoms with van der Waals surface area (Å²) in [5.41, 5.74) is 1.12. The van der Waals surface area contributed by atoms with Crippen molar-refractivity contribution in [3.05, 3.63) is 53.9 Å². The maximum absolute atomic E-state index is 13.6. The first kappa shape index (κ1) is 33.2. The Bertz CT molecular complexity index is 1260. The van der Waals surface area contributed by atoms with Gasteiger partial charge < -0.3 is 35.9 Å². The lowest BCUT2D eigenvalue weighted by molar-refractivity contribution is -0.133. The third kappa shape index (κ3) is 9.59. The smallest absolute Gasteiger partial charge is 0.255 e. The first-order chi connectivity index (χ1) is 20.4. The number of methoxy groups -OCH3 is 1. The van der Waals surface area contributed by atoms with Crippen LogP contribution in [0.4, 0.5) is 0 Å². The molecule has 0 unspecified atom stereocenters. The number of carbonyl (C=O) groups excluding carboxylic acids is 5. The number of carbonyl (C=O) groups is 5. The molecule has 0 radical (unpaired) electrons. The number of hydrogen-bond acceptors (Lipinski definition) is 6. The molecule has 1 aliphatic rings. The molecule has 12 heteroatoms. The van der Waals surface area contributed by atoms with Gasteiger partial charge in [0.1, 0.15) is 23.9 Å². The Balaban J connectivity index is 1.97. The fourth-order valence-electron chi connectivity index (χ4n) is 4.80. The topological polar surface area (TPSA) is 162 Å². The molecule has 43 heavy (non-hydrogen) atoms. The second kappa shape index (κ2) is 15.2. The third-order valence-corrected chi connectivity index (χ3v) is 7.36. The van der Waals surface area contributed by atoms with E-state index >= 15 is 0 Å². The van der Waals surface area contributed by atoms with E-state index in [1.165, 1.54) is 11.1 Å². The summed E-state index contributed by atoms with van der Waals surface area (Å²) >= 11 is 0. The molecule has 0 bridgehead atoms. The van der Waals surface area contributed by atoms with Crippen molar-refractivity contribution < 1.29 is 28.7 Å². The van der Waals surface area contributed by atoms with Crippen LogP contribution < -0.4 is 26.0 Å². The van der Waals surface area contributed by atoms with Crippen LogP contribution in [-0.4, -0.2) is 83.8 Å². The molecule has 2 heterocycles. The minimum Gasteiger partial charge on any atom is -0.497 e. The van der Waals surface area contributed by atoms with Crippen LogP contribution in [0, 0.1) is 11.8 Å². The number of aromatic nitrogens is 1. The van der Waals surface area contributed by atoms with Crippen LogP contribution in [-0.2, 0) is 25.6 Å². The zero-order valence-corrected chi connectivity index (χ0v) is 25.7. The van der Waals surface area contributed by atoms with Crippen molar-refractivity contribution in [3.8, 4) is 5.75 Å². The molecule has 1 saturated heterocycles. The van der Waals surface area contributed by atoms with Crippen LogP contribution in [0.1, 0.15) is 57.0 Å². The van der Waals surface area contributed by atoms with E-state index in [0.29, 0.717) is 17.7 Å². The minimum atomic E-state index is -1.03. The molecule has 4 atom stereocenters. The van der Waals surface area contributed by atoms with Gasteiger partial charge in [0.2, 0.25) is 23.6 Å². The lowest BCUT2D eigenvalue weighted by atomic mass is 10.0. The molecule has 5 amide bonds. The van der Waals surface area contributed by atoms with E-state index in [2.05, 4.69) is 26.3 Å². The molecule has 1 fully saturated rings. The van der Waals surface area contributed by atoms with Gasteiger partial charge in [-0.1, -0.05) is 39.8 Å². The van der Waals surface area contributed by atoms with Gasteiger partial charge in [0, 0.05) is 31.4 Å². The Morgan fingerprint density at radius 3 is 2.16 bits per heavy atom. The van der Waals surface area contributed by atoms with E-state index in [1.54, 1.807) is 50.6 Å². The number of nitrogens with one attached hydrogen (secondary N) is 5. The van der Waals surface area contributed by atoms with Gasteiger partial charge in [-0.3, -0.25) is 24.0 Å². The summed E-state index contributed by atoms with van der Waals surface area (Å²) in [5.74, 6) is -1.87. The second-order valence-corrected chi connectivity index (χ2v) is 11.7. The molecule has 5 N–H and O–H groups in total. The van der Waals surface area contributed by atoms with Crippen LogP contribution in [0.3, 0.4) is 0 Å². The largest absolute Gasteiger partial charge is 0.497 e. The molecule has 3 rings (SSSR count). The lowest BCUT2D eigenvalue weighted by Gasteiger charge is -2.31. The van der Waals surface area contributed by atoms with Crippen molar-refractivity contribution in [2.24, 2.45) is 11.8 Å². The average Bonchev–Trinajstić information content (AvgIpc) is 3.49. The minimum absolute atomic E-state index is 0.0387. The van der Waals surface area contributed by atoms with Gasteiger partial charge in [0.25, 0.3) is 5.91 Å². The number of H-pyrrole nitrogens is 1. The Morgan fingerprint density at radius 1 is 0.907 bits per heavy atom. The van der Waals surface area contributed by atoms with Crippen LogP contribution in [0.5, 0.6) is 5.75 Å². The number of rotatable bonds is 7. The zero-order chi connectivity index (χ0) is 31.7. The van der Waals surface area contributed by atoms with Crippen molar-refractivity contribution in [1.82, 2.24) is 31.2 Å². The van der Waals surface area contributed by atoms with Gasteiger partial charge in [0.15, 0.2) is 0 Å². The van der Waals surface area contributed by atoms with E-state index in [9.17, 15) is 24.0 Å². The number of hydrogen-bond donors (Lipinski definition) is 5. The van der Waals surface area contributed by atoms with Gasteiger partial charge >= 0.3 is 0 Å². The molecule has 2 aromatic rings. The van der Waals surface area contributed by atoms with E-state index in [1.807, 2.05) is 27.7 Å². The second-order valence-electron chi connectivity index (χ2n) is 11.7. The highest BCUT2D eigenvalue weighted by Gasteiger charge is 2.32. The number of benzene rings is 1. The van der Waals surface area contributed by atoms with Crippen molar-refractivity contribution in [3.63, 3.8) is 0 Å². The van der Waals surface area contributed by atoms with Gasteiger partial charge in [-0.05, 0) is 48.9 Å². The Morgan fingerprint density at radius 2 is 1.58 bits per heavy atom. The Hall–Kier alpha value is -4.35. The number of aromatic amines is 1. The molecule has 0 saturated carbocycles. The van der Waals surface area contributed by atoms with E-state index in [-0.39, 0.29) is 31.3 Å². The van der Waals surface area contributed by atoms with E-state index in [4.69, 9.17) is 4.74 Å². The van der Waals surface area contributed by atoms with Crippen LogP contribution in [0.2, 0.25) is 0 Å². The van der Waals surface area contributed by atoms with Gasteiger partial charge in [0.05, 0.1) is 19.2 Å². The Labute approximate surface area is 252 Å². The maximum Gasteiger partial charge on any atom is 0.255 e. The average molecular weight is 597 g/mol. The highest BCUT2D eigenvalue weighted by molar-refractivity contribution is 5.98. The van der Waals surface area contributed by atoms with Crippen LogP contribution in [0.25, 0.3) is 0 Å². The zero-order valence-electron chi connectivity index (χ0n) is 25.7. The summed E-state index contributed by atoms with van der Waals surface area (Å²) in [6, 6.07) is 5.27. The first-order valence-corrected chi connectivity index (χ1v) is 14.6. The summed E-state index contributed by atoms with van der Waals surface area (Å²) < 4.78 is 5.22. The predicted octanol–water partition coefficient (Wildman–Crippen LogP) is 1.38. The highest BCUT2D eigenvalue weighted by atomic mass is 16.5. The van der Waals surface area contributed by atoms with Crippen molar-refractivity contribution in [2.45, 2.75) is 71.6 Å². The van der Waals surface area contributed by atoms with Crippen LogP contribution >= 0.6 is 0 Å². The molecule has 1 aromatic heterocycles. The number of nitrogens with zero attached hydrogens (tertiary/aromatic N) is 1. The van der Waals surface area contributed by atoms with Crippen molar-refractivity contribution in [1.29, 1.82) is 0 Å². The van der Waals surface area contributed by atoms with Gasteiger partial charge in [-0.15, -0.1) is 0 Å². The fraction of sp³-hybridized carbons (Fsp3) is 0.516. The molecule has 1 aromatic carbocycles. The maximum atomic E-state index is 13.6. The van der Waals surface area contributed by atoms with E-state index < -0.39 is 53.7 Å². The standard InChI is InChI=1S/C31H44N6O6/c1-18(2)13-24-30(41)35-25(14-21-7-9-23(43-6)10-8-21)29(40)33-20(5)28(39)36-26(19(3)4)16-37(17-27(38)34-24)31(42)22-11-12-32-15-22/h7-12,15,18-20,24-26,32H,13-14,16-17H2,1-6H3,(H,33,40)(H,34,38)(H,35,41)(H,36,39)/t20-,24+,25+,26-/m1/s1. The first-order valence-electron chi connectivity index (χ1n) is 14.6. The lowest BCUT2D eigenvalue weighted by Crippen LogP contribution is -2.57. The summed E-state index contributed by atoms with van der Waals surface area (Å²) in [6.45, 7) is 8.91. The van der Waals surface area contributed by atoms with Gasteiger partial charge in [-0.25, -0.2) is 0 Å². The number of ether oxygens (including phenoxy) is 1. The molecule has 12 nitrogen and oxygen atoms in total. The van der Waals surface area contributed by atoms with Crippen molar-refractivity contribution in [2.75, 3.05) is 20.2 Å². The molecule has 0 spiro atoms. The highest BCUT2D eigenvalue weighted by Crippen LogP contribution is 2.15. The van der Waals surface area contributed by atoms with Crippen LogP contribution in [0.15, 0.2) is 42.7 Å². The molecular formula is C31H44N6O6. The monoisotopic (exact) mass is 596 g/mol. The fourth-order valence-corrected chi connectivity index (χ4v) is 4.80. The molecule has 234 valence electrons. The van der Waals surface area contributed by atoms with Gasteiger partial charge in [-0.2, -0.15) is 0 Å². The quantitative estimate of drug-likeness (QED) is 0.325. The molecule has 0 aliphatic carbocycles. The van der Waals surface area contributed by atoms with E-state index in [0.717, 1.165) is 5.56 Å². The molecular weight excluding hydrogens is 552 g/mol. The molecule has 1 aliphatic heterocycles. The Kier molecular flexibility index (Phi) is 11.7. The summed E-state index contributed by atoms with van der Waals surface area (Å²) in [7, 11) is 1.55. The SMILES string of the molecule is COc1ccc(C[C@@H]2NC(=O)[C@H](CC(C)C)NC(=O)CN(C(=O)c3cc[nH]c3)C[C@H](C(C)C)NC(=O)[C@@H](C)NC2=O)cc1. The summed E-state index contributed by atoms with van der Waals surface area (Å²) in [4.78, 5) is 71.3. The summed E-state index contributed by atoms with van der Waals surface area (Å²) in [6.07, 6.45) is 3.60. The summed E-state index contributed by atoms with van der Waals surface area (Å²) in [5, 5.41) is 11.2. The predicted molar refractivity (Wildman–Crippen MR) is 161 cm³/mol. The van der Waals surface area contributed by atoms with Crippen molar-refractivity contribution >= 4 is 29.5 Å². The number of amides is 5. The normalized spacial score (nSPS) is 22.7.